The van der Waals surface area contributed by atoms with Crippen molar-refractivity contribution in [2.45, 2.75) is 6.61 Å². The fourth-order valence-corrected chi connectivity index (χ4v) is 2.19. The van der Waals surface area contributed by atoms with Gasteiger partial charge in [0.1, 0.15) is 12.4 Å². The van der Waals surface area contributed by atoms with Crippen LogP contribution in [0.5, 0.6) is 11.5 Å². The number of hydrogen-bond acceptors (Lipinski definition) is 4. The second kappa shape index (κ2) is 5.61. The van der Waals surface area contributed by atoms with E-state index in [1.165, 1.54) is 18.2 Å². The lowest BCUT2D eigenvalue weighted by Crippen LogP contribution is -2.06. The molecule has 1 heterocycles. The van der Waals surface area contributed by atoms with Crippen molar-refractivity contribution in [2.75, 3.05) is 6.79 Å². The third-order valence-electron chi connectivity index (χ3n) is 2.98. The normalized spacial score (nSPS) is 12.3. The molecule has 0 saturated carbocycles. The molecule has 6 heteroatoms. The number of carbonyl (C=O) groups is 1. The molecule has 4 nitrogen and oxygen atoms in total. The first-order valence-corrected chi connectivity index (χ1v) is 6.52. The van der Waals surface area contributed by atoms with Gasteiger partial charge in [0, 0.05) is 5.56 Å². The van der Waals surface area contributed by atoms with Gasteiger partial charge in [-0.2, -0.15) is 0 Å². The zero-order chi connectivity index (χ0) is 14.8. The maximum Gasteiger partial charge on any atom is 0.338 e. The van der Waals surface area contributed by atoms with Gasteiger partial charge in [-0.3, -0.25) is 0 Å². The van der Waals surface area contributed by atoms with Gasteiger partial charge in [0.2, 0.25) is 6.79 Å². The number of fused-ring (bicyclic) bond motifs is 1. The standard InChI is InChI=1S/C15H10ClFO4/c16-11-5-10(6-13-14(11)21-8-20-13)15(18)19-7-9-3-1-2-4-12(9)17/h1-6H,7-8H2. The van der Waals surface area contributed by atoms with Gasteiger partial charge in [0.05, 0.1) is 10.6 Å². The van der Waals surface area contributed by atoms with Crippen molar-refractivity contribution in [1.82, 2.24) is 0 Å². The third kappa shape index (κ3) is 2.78. The van der Waals surface area contributed by atoms with Crippen LogP contribution in [0, 0.1) is 5.82 Å². The van der Waals surface area contributed by atoms with Crippen LogP contribution in [-0.4, -0.2) is 12.8 Å². The van der Waals surface area contributed by atoms with E-state index in [9.17, 15) is 9.18 Å². The molecule has 1 aliphatic heterocycles. The molecule has 0 saturated heterocycles. The first-order chi connectivity index (χ1) is 10.1. The van der Waals surface area contributed by atoms with Crippen LogP contribution in [0.1, 0.15) is 15.9 Å². The maximum absolute atomic E-state index is 13.4. The second-order valence-electron chi connectivity index (χ2n) is 4.36. The highest BCUT2D eigenvalue weighted by atomic mass is 35.5. The van der Waals surface area contributed by atoms with Gasteiger partial charge >= 0.3 is 5.97 Å². The van der Waals surface area contributed by atoms with Crippen LogP contribution < -0.4 is 9.47 Å². The molecule has 21 heavy (non-hydrogen) atoms. The summed E-state index contributed by atoms with van der Waals surface area (Å²) >= 11 is 5.99. The molecular formula is C15H10ClFO4. The zero-order valence-electron chi connectivity index (χ0n) is 10.8. The van der Waals surface area contributed by atoms with Crippen LogP contribution in [0.3, 0.4) is 0 Å². The molecule has 1 aliphatic rings. The van der Waals surface area contributed by atoms with Crippen molar-refractivity contribution in [3.05, 3.63) is 58.4 Å². The number of halogens is 2. The summed E-state index contributed by atoms with van der Waals surface area (Å²) in [6.45, 7) is -0.0969. The fourth-order valence-electron chi connectivity index (χ4n) is 1.93. The van der Waals surface area contributed by atoms with E-state index >= 15 is 0 Å². The lowest BCUT2D eigenvalue weighted by atomic mass is 10.2. The molecule has 0 aromatic heterocycles. The average Bonchev–Trinajstić information content (AvgIpc) is 2.95. The Bertz CT molecular complexity index is 702. The third-order valence-corrected chi connectivity index (χ3v) is 3.26. The van der Waals surface area contributed by atoms with Gasteiger partial charge in [0.25, 0.3) is 0 Å². The molecule has 0 fully saturated rings. The molecule has 0 bridgehead atoms. The summed E-state index contributed by atoms with van der Waals surface area (Å²) in [6.07, 6.45) is 0. The number of rotatable bonds is 3. The van der Waals surface area contributed by atoms with E-state index in [0.717, 1.165) is 0 Å². The molecule has 3 rings (SSSR count). The van der Waals surface area contributed by atoms with Crippen molar-refractivity contribution in [2.24, 2.45) is 0 Å². The van der Waals surface area contributed by atoms with E-state index in [0.29, 0.717) is 17.1 Å². The van der Waals surface area contributed by atoms with Gasteiger partial charge in [-0.1, -0.05) is 29.8 Å². The lowest BCUT2D eigenvalue weighted by molar-refractivity contribution is 0.0468. The van der Waals surface area contributed by atoms with Crippen LogP contribution in [0.25, 0.3) is 0 Å². The number of carbonyl (C=O) groups excluding carboxylic acids is 1. The minimum atomic E-state index is -0.613. The summed E-state index contributed by atoms with van der Waals surface area (Å²) in [4.78, 5) is 12.0. The van der Waals surface area contributed by atoms with E-state index < -0.39 is 11.8 Å². The van der Waals surface area contributed by atoms with E-state index in [4.69, 9.17) is 25.8 Å². The Labute approximate surface area is 125 Å². The molecule has 0 N–H and O–H groups in total. The van der Waals surface area contributed by atoms with E-state index in [1.54, 1.807) is 18.2 Å². The number of ether oxygens (including phenoxy) is 3. The Hall–Kier alpha value is -2.27. The summed E-state index contributed by atoms with van der Waals surface area (Å²) in [5.74, 6) is -0.241. The Morgan fingerprint density at radius 1 is 1.29 bits per heavy atom. The highest BCUT2D eigenvalue weighted by Gasteiger charge is 2.21. The van der Waals surface area contributed by atoms with Crippen molar-refractivity contribution in [3.8, 4) is 11.5 Å². The molecular weight excluding hydrogens is 299 g/mol. The zero-order valence-corrected chi connectivity index (χ0v) is 11.5. The molecule has 0 spiro atoms. The molecule has 0 radical (unpaired) electrons. The number of hydrogen-bond donors (Lipinski definition) is 0. The quantitative estimate of drug-likeness (QED) is 0.813. The fraction of sp³-hybridized carbons (Fsp3) is 0.133. The smallest absolute Gasteiger partial charge is 0.338 e. The first-order valence-electron chi connectivity index (χ1n) is 6.15. The number of esters is 1. The molecule has 108 valence electrons. The van der Waals surface area contributed by atoms with Crippen LogP contribution in [0.4, 0.5) is 4.39 Å². The lowest BCUT2D eigenvalue weighted by Gasteiger charge is -2.07. The van der Waals surface area contributed by atoms with Crippen LogP contribution >= 0.6 is 11.6 Å². The van der Waals surface area contributed by atoms with Crippen LogP contribution in [0.2, 0.25) is 5.02 Å². The average molecular weight is 309 g/mol. The predicted octanol–water partition coefficient (Wildman–Crippen LogP) is 3.56. The summed E-state index contributed by atoms with van der Waals surface area (Å²) in [5, 5.41) is 0.267. The maximum atomic E-state index is 13.4. The van der Waals surface area contributed by atoms with Gasteiger partial charge in [-0.15, -0.1) is 0 Å². The summed E-state index contributed by atoms with van der Waals surface area (Å²) in [7, 11) is 0. The van der Waals surface area contributed by atoms with Gasteiger partial charge in [-0.05, 0) is 18.2 Å². The molecule has 0 aliphatic carbocycles. The summed E-state index contributed by atoms with van der Waals surface area (Å²) in [6, 6.07) is 9.01. The van der Waals surface area contributed by atoms with Crippen molar-refractivity contribution in [1.29, 1.82) is 0 Å². The van der Waals surface area contributed by atoms with Crippen molar-refractivity contribution in [3.63, 3.8) is 0 Å². The Morgan fingerprint density at radius 3 is 2.90 bits per heavy atom. The van der Waals surface area contributed by atoms with Gasteiger partial charge < -0.3 is 14.2 Å². The van der Waals surface area contributed by atoms with Gasteiger partial charge in [0.15, 0.2) is 11.5 Å². The summed E-state index contributed by atoms with van der Waals surface area (Å²) < 4.78 is 28.8. The van der Waals surface area contributed by atoms with E-state index in [1.807, 2.05) is 0 Å². The molecule has 2 aromatic rings. The molecule has 0 unspecified atom stereocenters. The van der Waals surface area contributed by atoms with Crippen LogP contribution in [-0.2, 0) is 11.3 Å². The molecule has 2 aromatic carbocycles. The SMILES string of the molecule is O=C(OCc1ccccc1F)c1cc(Cl)c2c(c1)OCO2. The largest absolute Gasteiger partial charge is 0.457 e. The Kier molecular flexibility index (Phi) is 3.66. The summed E-state index contributed by atoms with van der Waals surface area (Å²) in [5.41, 5.74) is 0.526. The van der Waals surface area contributed by atoms with Crippen LogP contribution in [0.15, 0.2) is 36.4 Å². The Morgan fingerprint density at radius 2 is 2.10 bits per heavy atom. The molecule has 0 amide bonds. The van der Waals surface area contributed by atoms with E-state index in [-0.39, 0.29) is 24.0 Å². The monoisotopic (exact) mass is 308 g/mol. The number of benzene rings is 2. The van der Waals surface area contributed by atoms with Gasteiger partial charge in [-0.25, -0.2) is 9.18 Å². The predicted molar refractivity (Wildman–Crippen MR) is 73.1 cm³/mol. The minimum Gasteiger partial charge on any atom is -0.457 e. The van der Waals surface area contributed by atoms with E-state index in [2.05, 4.69) is 0 Å². The van der Waals surface area contributed by atoms with Crippen molar-refractivity contribution >= 4 is 17.6 Å². The first kappa shape index (κ1) is 13.7. The Balaban J connectivity index is 1.74. The van der Waals surface area contributed by atoms with Crippen molar-refractivity contribution < 1.29 is 23.4 Å². The molecule has 0 atom stereocenters. The minimum absolute atomic E-state index is 0.0583. The highest BCUT2D eigenvalue weighted by Crippen LogP contribution is 2.39. The highest BCUT2D eigenvalue weighted by molar-refractivity contribution is 6.32. The second-order valence-corrected chi connectivity index (χ2v) is 4.77. The topological polar surface area (TPSA) is 44.8 Å².